The van der Waals surface area contributed by atoms with Crippen LogP contribution in [0.15, 0.2) is 17.7 Å². The largest absolute Gasteiger partial charge is 0.490 e. The van der Waals surface area contributed by atoms with Crippen LogP contribution in [0, 0.1) is 5.41 Å². The maximum absolute atomic E-state index is 12.7. The van der Waals surface area contributed by atoms with E-state index in [4.69, 9.17) is 18.8 Å². The second-order valence-electron chi connectivity index (χ2n) is 8.11. The number of allylic oxidation sites excluding steroid dienone is 2. The highest BCUT2D eigenvalue weighted by Gasteiger charge is 2.53. The minimum Gasteiger partial charge on any atom is -0.475 e. The van der Waals surface area contributed by atoms with Crippen LogP contribution in [0.1, 0.15) is 53.9 Å². The first-order valence-corrected chi connectivity index (χ1v) is 10.0. The van der Waals surface area contributed by atoms with Gasteiger partial charge in [0.25, 0.3) is 0 Å². The van der Waals surface area contributed by atoms with Gasteiger partial charge < -0.3 is 18.8 Å². The Morgan fingerprint density at radius 1 is 1.30 bits per heavy atom. The van der Waals surface area contributed by atoms with Crippen LogP contribution in [0.2, 0.25) is 0 Å². The van der Waals surface area contributed by atoms with E-state index in [1.165, 1.54) is 0 Å². The summed E-state index contributed by atoms with van der Waals surface area (Å²) in [7, 11) is -0.376. The predicted molar refractivity (Wildman–Crippen MR) is 102 cm³/mol. The Morgan fingerprint density at radius 2 is 2.00 bits per heavy atom. The highest BCUT2D eigenvalue weighted by atomic mass is 32.1. The molecule has 1 aliphatic heterocycles. The molecule has 0 saturated carbocycles. The Bertz CT molecular complexity index is 691. The molecule has 1 unspecified atom stereocenters. The highest BCUT2D eigenvalue weighted by Crippen LogP contribution is 2.43. The van der Waals surface area contributed by atoms with E-state index in [2.05, 4.69) is 8.75 Å². The van der Waals surface area contributed by atoms with E-state index in [1.54, 1.807) is 6.20 Å². The molecule has 27 heavy (non-hydrogen) atoms. The average Bonchev–Trinajstić information content (AvgIpc) is 3.20. The molecule has 1 atom stereocenters. The predicted octanol–water partition coefficient (Wildman–Crippen LogP) is 3.21. The van der Waals surface area contributed by atoms with Crippen LogP contribution >= 0.6 is 11.7 Å². The molecular formula is C18H27BN2O5S. The quantitative estimate of drug-likeness (QED) is 0.541. The molecule has 0 spiro atoms. The first-order valence-electron chi connectivity index (χ1n) is 9.31. The Hall–Kier alpha value is -1.45. The summed E-state index contributed by atoms with van der Waals surface area (Å²) in [5.41, 5.74) is -0.416. The molecule has 0 N–H and O–H groups in total. The zero-order valence-corrected chi connectivity index (χ0v) is 17.4. The van der Waals surface area contributed by atoms with Gasteiger partial charge in [-0.1, -0.05) is 6.08 Å². The molecule has 0 amide bonds. The summed E-state index contributed by atoms with van der Waals surface area (Å²) in [6.45, 7) is 10.5. The summed E-state index contributed by atoms with van der Waals surface area (Å²) in [6, 6.07) is 0. The normalized spacial score (nSPS) is 26.6. The zero-order valence-electron chi connectivity index (χ0n) is 16.6. The molecule has 1 aromatic heterocycles. The molecule has 2 aliphatic rings. The lowest BCUT2D eigenvalue weighted by molar-refractivity contribution is -0.158. The molecule has 1 fully saturated rings. The monoisotopic (exact) mass is 394 g/mol. The maximum Gasteiger partial charge on any atom is 0.490 e. The summed E-state index contributed by atoms with van der Waals surface area (Å²) >= 11 is 1.07. The minimum absolute atomic E-state index is 0.213. The number of nitrogens with zero attached hydrogens (tertiary/aromatic N) is 2. The van der Waals surface area contributed by atoms with Crippen LogP contribution in [-0.4, -0.2) is 46.3 Å². The van der Waals surface area contributed by atoms with Crippen molar-refractivity contribution in [3.8, 4) is 5.88 Å². The van der Waals surface area contributed by atoms with Crippen molar-refractivity contribution in [2.24, 2.45) is 5.41 Å². The van der Waals surface area contributed by atoms with Crippen molar-refractivity contribution in [1.82, 2.24) is 8.75 Å². The van der Waals surface area contributed by atoms with Gasteiger partial charge in [0.05, 0.1) is 29.5 Å². The first-order chi connectivity index (χ1) is 12.7. The fourth-order valence-electron chi connectivity index (χ4n) is 3.21. The minimum atomic E-state index is -0.729. The summed E-state index contributed by atoms with van der Waals surface area (Å²) in [5, 5.41) is 0. The van der Waals surface area contributed by atoms with Gasteiger partial charge in [0, 0.05) is 0 Å². The molecule has 1 saturated heterocycles. The summed E-state index contributed by atoms with van der Waals surface area (Å²) in [6.07, 6.45) is 5.42. The fraction of sp³-hybridized carbons (Fsp3) is 0.722. The van der Waals surface area contributed by atoms with E-state index in [0.29, 0.717) is 31.7 Å². The van der Waals surface area contributed by atoms with E-state index in [1.807, 2.05) is 40.7 Å². The number of carbonyl (C=O) groups excluding carboxylic acids is 1. The topological polar surface area (TPSA) is 79.8 Å². The Labute approximate surface area is 164 Å². The van der Waals surface area contributed by atoms with Gasteiger partial charge in [0.1, 0.15) is 18.2 Å². The molecule has 3 rings (SSSR count). The van der Waals surface area contributed by atoms with Gasteiger partial charge in [-0.05, 0) is 59.4 Å². The average molecular weight is 394 g/mol. The SMILES string of the molecule is CCOC(=O)C1(COc2cnsn2)CC=C(B2OC(C)(C)C(C)(C)O2)CC1. The van der Waals surface area contributed by atoms with Crippen molar-refractivity contribution in [2.45, 2.75) is 65.1 Å². The van der Waals surface area contributed by atoms with Gasteiger partial charge in [-0.2, -0.15) is 4.37 Å². The smallest absolute Gasteiger partial charge is 0.475 e. The number of carbonyl (C=O) groups is 1. The van der Waals surface area contributed by atoms with Crippen LogP contribution in [0.5, 0.6) is 5.88 Å². The number of hydrogen-bond acceptors (Lipinski definition) is 8. The molecule has 1 aromatic rings. The van der Waals surface area contributed by atoms with Crippen molar-refractivity contribution in [2.75, 3.05) is 13.2 Å². The lowest BCUT2D eigenvalue weighted by Crippen LogP contribution is -2.41. The fourth-order valence-corrected chi connectivity index (χ4v) is 3.58. The van der Waals surface area contributed by atoms with Crippen LogP contribution in [-0.2, 0) is 18.8 Å². The molecule has 0 radical (unpaired) electrons. The van der Waals surface area contributed by atoms with Gasteiger partial charge in [-0.25, -0.2) is 0 Å². The second-order valence-corrected chi connectivity index (χ2v) is 8.66. The standard InChI is InChI=1S/C18H27BN2O5S/c1-6-23-15(22)18(12-24-14-11-20-27-21-14)9-7-13(8-10-18)19-25-16(2,3)17(4,5)26-19/h7,11H,6,8-10,12H2,1-5H3. The van der Waals surface area contributed by atoms with Crippen molar-refractivity contribution >= 4 is 24.8 Å². The van der Waals surface area contributed by atoms with Crippen molar-refractivity contribution in [3.05, 3.63) is 17.7 Å². The van der Waals surface area contributed by atoms with E-state index in [-0.39, 0.29) is 30.9 Å². The molecule has 148 valence electrons. The van der Waals surface area contributed by atoms with Crippen LogP contribution in [0.4, 0.5) is 0 Å². The summed E-state index contributed by atoms with van der Waals surface area (Å²) in [5.74, 6) is 0.196. The van der Waals surface area contributed by atoms with Gasteiger partial charge in [0.15, 0.2) is 0 Å². The molecule has 0 aromatic carbocycles. The third-order valence-electron chi connectivity index (χ3n) is 5.75. The molecule has 0 bridgehead atoms. The highest BCUT2D eigenvalue weighted by molar-refractivity contribution is 6.99. The lowest BCUT2D eigenvalue weighted by atomic mass is 9.66. The van der Waals surface area contributed by atoms with Gasteiger partial charge in [-0.3, -0.25) is 4.79 Å². The molecular weight excluding hydrogens is 367 g/mol. The van der Waals surface area contributed by atoms with E-state index in [9.17, 15) is 4.79 Å². The number of ether oxygens (including phenoxy) is 2. The number of hydrogen-bond donors (Lipinski definition) is 0. The van der Waals surface area contributed by atoms with E-state index >= 15 is 0 Å². The third kappa shape index (κ3) is 4.05. The summed E-state index contributed by atoms with van der Waals surface area (Å²) < 4.78 is 31.3. The van der Waals surface area contributed by atoms with Crippen molar-refractivity contribution in [1.29, 1.82) is 0 Å². The van der Waals surface area contributed by atoms with Crippen molar-refractivity contribution < 1.29 is 23.6 Å². The van der Waals surface area contributed by atoms with E-state index < -0.39 is 5.41 Å². The van der Waals surface area contributed by atoms with Crippen molar-refractivity contribution in [3.63, 3.8) is 0 Å². The molecule has 9 heteroatoms. The third-order valence-corrected chi connectivity index (χ3v) is 6.21. The van der Waals surface area contributed by atoms with Gasteiger partial charge in [-0.15, -0.1) is 4.37 Å². The Kier molecular flexibility index (Phi) is 5.65. The van der Waals surface area contributed by atoms with Gasteiger partial charge >= 0.3 is 13.1 Å². The van der Waals surface area contributed by atoms with Crippen LogP contribution in [0.25, 0.3) is 0 Å². The van der Waals surface area contributed by atoms with Gasteiger partial charge in [0.2, 0.25) is 5.88 Å². The Balaban J connectivity index is 1.73. The second kappa shape index (κ2) is 7.52. The number of aromatic nitrogens is 2. The van der Waals surface area contributed by atoms with E-state index in [0.717, 1.165) is 17.2 Å². The molecule has 2 heterocycles. The zero-order chi connectivity index (χ0) is 19.7. The first kappa shape index (κ1) is 20.3. The van der Waals surface area contributed by atoms with Crippen LogP contribution in [0.3, 0.4) is 0 Å². The maximum atomic E-state index is 12.7. The Morgan fingerprint density at radius 3 is 2.52 bits per heavy atom. The molecule has 7 nitrogen and oxygen atoms in total. The summed E-state index contributed by atoms with van der Waals surface area (Å²) in [4.78, 5) is 12.7. The van der Waals surface area contributed by atoms with Crippen LogP contribution < -0.4 is 4.74 Å². The number of rotatable bonds is 6. The molecule has 1 aliphatic carbocycles. The number of esters is 1. The lowest BCUT2D eigenvalue weighted by Gasteiger charge is -2.34.